The first kappa shape index (κ1) is 18.1. The Kier molecular flexibility index (Phi) is 6.19. The van der Waals surface area contributed by atoms with Crippen molar-refractivity contribution in [1.82, 2.24) is 9.47 Å². The lowest BCUT2D eigenvalue weighted by molar-refractivity contribution is 0.343. The third-order valence-electron chi connectivity index (χ3n) is 4.48. The quantitative estimate of drug-likeness (QED) is 0.530. The zero-order valence-corrected chi connectivity index (χ0v) is 16.4. The molecule has 1 heterocycles. The summed E-state index contributed by atoms with van der Waals surface area (Å²) in [5.41, 5.74) is 3.92. The molecule has 0 spiro atoms. The van der Waals surface area contributed by atoms with E-state index < -0.39 is 0 Å². The van der Waals surface area contributed by atoms with Crippen LogP contribution in [0.15, 0.2) is 60.7 Å². The lowest BCUT2D eigenvalue weighted by atomic mass is 10.1. The van der Waals surface area contributed by atoms with Crippen molar-refractivity contribution in [1.29, 1.82) is 0 Å². The van der Waals surface area contributed by atoms with Gasteiger partial charge in [-0.1, -0.05) is 60.7 Å². The summed E-state index contributed by atoms with van der Waals surface area (Å²) >= 11 is 7.27. The second-order valence-corrected chi connectivity index (χ2v) is 8.08. The molecule has 25 heavy (non-hydrogen) atoms. The molecule has 0 fully saturated rings. The number of benzene rings is 2. The number of hydrogen-bond donors (Lipinski definition) is 0. The molecule has 0 atom stereocenters. The van der Waals surface area contributed by atoms with Crippen molar-refractivity contribution < 1.29 is 0 Å². The van der Waals surface area contributed by atoms with E-state index in [-0.39, 0.29) is 0 Å². The Morgan fingerprint density at radius 2 is 1.52 bits per heavy atom. The molecule has 0 aliphatic carbocycles. The van der Waals surface area contributed by atoms with Gasteiger partial charge in [-0.15, -0.1) is 11.3 Å². The largest absolute Gasteiger partial charge is 0.326 e. The van der Waals surface area contributed by atoms with E-state index in [4.69, 9.17) is 12.2 Å². The van der Waals surface area contributed by atoms with Crippen LogP contribution in [0, 0.1) is 3.95 Å². The van der Waals surface area contributed by atoms with E-state index in [1.807, 2.05) is 0 Å². The van der Waals surface area contributed by atoms with Gasteiger partial charge in [-0.2, -0.15) is 0 Å². The maximum atomic E-state index is 5.52. The van der Waals surface area contributed by atoms with Crippen LogP contribution in [0.25, 0.3) is 11.3 Å². The standard InChI is InChI=1S/C21H24N2S2/c1-22(15-13-17-9-5-3-6-10-17)16-14-19-20(23(2)21(24)25-19)18-11-7-4-8-12-18/h3-12H,13-16H2,1-2H3. The van der Waals surface area contributed by atoms with Gasteiger partial charge in [0.2, 0.25) is 0 Å². The molecule has 2 aromatic carbocycles. The third-order valence-corrected chi connectivity index (χ3v) is 6.09. The van der Waals surface area contributed by atoms with Gasteiger partial charge in [-0.05, 0) is 43.2 Å². The molecule has 0 unspecified atom stereocenters. The highest BCUT2D eigenvalue weighted by atomic mass is 32.1. The molecule has 130 valence electrons. The average molecular weight is 369 g/mol. The van der Waals surface area contributed by atoms with Gasteiger partial charge in [0.1, 0.15) is 0 Å². The summed E-state index contributed by atoms with van der Waals surface area (Å²) in [6, 6.07) is 21.3. The number of aromatic nitrogens is 1. The first-order valence-electron chi connectivity index (χ1n) is 8.61. The number of likely N-dealkylation sites (N-methyl/N-ethyl adjacent to an activating group) is 1. The van der Waals surface area contributed by atoms with E-state index in [0.717, 1.165) is 29.9 Å². The molecular formula is C21H24N2S2. The Morgan fingerprint density at radius 3 is 2.20 bits per heavy atom. The fourth-order valence-corrected chi connectivity index (χ4v) is 4.37. The van der Waals surface area contributed by atoms with Gasteiger partial charge in [0.25, 0.3) is 0 Å². The zero-order chi connectivity index (χ0) is 17.6. The summed E-state index contributed by atoms with van der Waals surface area (Å²) in [5.74, 6) is 0. The van der Waals surface area contributed by atoms with Gasteiger partial charge in [0.05, 0.1) is 5.69 Å². The predicted octanol–water partition coefficient (Wildman–Crippen LogP) is 5.20. The molecule has 0 saturated carbocycles. The van der Waals surface area contributed by atoms with Gasteiger partial charge >= 0.3 is 0 Å². The van der Waals surface area contributed by atoms with Gasteiger partial charge in [0.15, 0.2) is 3.95 Å². The van der Waals surface area contributed by atoms with Gasteiger partial charge in [-0.3, -0.25) is 0 Å². The minimum absolute atomic E-state index is 0.945. The Morgan fingerprint density at radius 1 is 0.920 bits per heavy atom. The van der Waals surface area contributed by atoms with Crippen LogP contribution in [0.3, 0.4) is 0 Å². The van der Waals surface area contributed by atoms with Crippen molar-refractivity contribution in [2.45, 2.75) is 12.8 Å². The molecule has 0 aliphatic heterocycles. The van der Waals surface area contributed by atoms with E-state index in [1.54, 1.807) is 11.3 Å². The van der Waals surface area contributed by atoms with Crippen molar-refractivity contribution in [3.63, 3.8) is 0 Å². The molecule has 0 radical (unpaired) electrons. The van der Waals surface area contributed by atoms with Crippen LogP contribution in [0.4, 0.5) is 0 Å². The molecular weight excluding hydrogens is 344 g/mol. The molecule has 3 rings (SSSR count). The van der Waals surface area contributed by atoms with Crippen LogP contribution in [0.1, 0.15) is 10.4 Å². The number of rotatable bonds is 7. The van der Waals surface area contributed by atoms with Crippen LogP contribution in [-0.4, -0.2) is 29.6 Å². The smallest absolute Gasteiger partial charge is 0.161 e. The molecule has 0 amide bonds. The Balaban J connectivity index is 1.65. The summed E-state index contributed by atoms with van der Waals surface area (Å²) in [6.45, 7) is 2.12. The third kappa shape index (κ3) is 4.66. The number of thiazole rings is 1. The highest BCUT2D eigenvalue weighted by Gasteiger charge is 2.13. The second kappa shape index (κ2) is 8.56. The second-order valence-electron chi connectivity index (χ2n) is 6.35. The van der Waals surface area contributed by atoms with E-state index in [2.05, 4.69) is 84.2 Å². The van der Waals surface area contributed by atoms with E-state index in [0.29, 0.717) is 0 Å². The molecule has 3 aromatic rings. The van der Waals surface area contributed by atoms with E-state index >= 15 is 0 Å². The van der Waals surface area contributed by atoms with Gasteiger partial charge in [-0.25, -0.2) is 0 Å². The SMILES string of the molecule is CN(CCc1ccccc1)CCc1sc(=S)n(C)c1-c1ccccc1. The van der Waals surface area contributed by atoms with E-state index in [9.17, 15) is 0 Å². The summed E-state index contributed by atoms with van der Waals surface area (Å²) in [4.78, 5) is 3.79. The minimum atomic E-state index is 0.945. The Labute approximate surface area is 159 Å². The summed E-state index contributed by atoms with van der Waals surface area (Å²) < 4.78 is 3.09. The van der Waals surface area contributed by atoms with Gasteiger partial charge < -0.3 is 9.47 Å². The fourth-order valence-electron chi connectivity index (χ4n) is 2.99. The van der Waals surface area contributed by atoms with Crippen LogP contribution >= 0.6 is 23.6 Å². The lowest BCUT2D eigenvalue weighted by Crippen LogP contribution is -2.23. The average Bonchev–Trinajstić information content (AvgIpc) is 2.94. The minimum Gasteiger partial charge on any atom is -0.326 e. The molecule has 0 N–H and O–H groups in total. The molecule has 2 nitrogen and oxygen atoms in total. The summed E-state index contributed by atoms with van der Waals surface area (Å²) in [5, 5.41) is 0. The zero-order valence-electron chi connectivity index (χ0n) is 14.8. The lowest BCUT2D eigenvalue weighted by Gasteiger charge is -2.16. The molecule has 4 heteroatoms. The maximum absolute atomic E-state index is 5.52. The van der Waals surface area contributed by atoms with Crippen molar-refractivity contribution in [2.75, 3.05) is 20.1 Å². The van der Waals surface area contributed by atoms with Crippen LogP contribution in [-0.2, 0) is 19.9 Å². The van der Waals surface area contributed by atoms with E-state index in [1.165, 1.54) is 21.7 Å². The van der Waals surface area contributed by atoms with Crippen LogP contribution in [0.5, 0.6) is 0 Å². The molecule has 0 aliphatic rings. The summed E-state index contributed by atoms with van der Waals surface area (Å²) in [7, 11) is 4.27. The van der Waals surface area contributed by atoms with Crippen molar-refractivity contribution in [2.24, 2.45) is 7.05 Å². The highest BCUT2D eigenvalue weighted by Crippen LogP contribution is 2.29. The maximum Gasteiger partial charge on any atom is 0.161 e. The normalized spacial score (nSPS) is 11.2. The van der Waals surface area contributed by atoms with Crippen molar-refractivity contribution >= 4 is 23.6 Å². The first-order chi connectivity index (χ1) is 12.1. The summed E-state index contributed by atoms with van der Waals surface area (Å²) in [6.07, 6.45) is 2.12. The highest BCUT2D eigenvalue weighted by molar-refractivity contribution is 7.73. The molecule has 1 aromatic heterocycles. The van der Waals surface area contributed by atoms with Crippen molar-refractivity contribution in [3.8, 4) is 11.3 Å². The Bertz CT molecular complexity index is 851. The number of nitrogens with zero attached hydrogens (tertiary/aromatic N) is 2. The van der Waals surface area contributed by atoms with Crippen molar-refractivity contribution in [3.05, 3.63) is 75.1 Å². The topological polar surface area (TPSA) is 8.17 Å². The van der Waals surface area contributed by atoms with Gasteiger partial charge in [0, 0.05) is 25.0 Å². The van der Waals surface area contributed by atoms with Crippen LogP contribution < -0.4 is 0 Å². The Hall–Kier alpha value is -1.75. The molecule has 0 bridgehead atoms. The fraction of sp³-hybridized carbons (Fsp3) is 0.286. The predicted molar refractivity (Wildman–Crippen MR) is 111 cm³/mol. The first-order valence-corrected chi connectivity index (χ1v) is 9.84. The number of hydrogen-bond acceptors (Lipinski definition) is 3. The van der Waals surface area contributed by atoms with Crippen LogP contribution in [0.2, 0.25) is 0 Å². The molecule has 0 saturated heterocycles. The monoisotopic (exact) mass is 368 g/mol.